The molecule has 1 saturated heterocycles. The number of imide groups is 1. The monoisotopic (exact) mass is 236 g/mol. The van der Waals surface area contributed by atoms with Gasteiger partial charge in [-0.05, 0) is 18.6 Å². The minimum absolute atomic E-state index is 0.129. The van der Waals surface area contributed by atoms with Crippen LogP contribution in [-0.4, -0.2) is 28.5 Å². The van der Waals surface area contributed by atoms with Crippen LogP contribution in [0.15, 0.2) is 24.3 Å². The number of para-hydroxylation sites is 1. The lowest BCUT2D eigenvalue weighted by Crippen LogP contribution is -2.33. The van der Waals surface area contributed by atoms with Gasteiger partial charge in [0.15, 0.2) is 0 Å². The number of thioether (sulfide) groups is 1. The molecule has 1 aromatic rings. The van der Waals surface area contributed by atoms with Crippen LogP contribution in [0.25, 0.3) is 0 Å². The summed E-state index contributed by atoms with van der Waals surface area (Å²) < 4.78 is 0. The number of carbonyl (C=O) groups is 2. The molecule has 2 amide bonds. The Morgan fingerprint density at radius 1 is 1.38 bits per heavy atom. The first kappa shape index (κ1) is 11.0. The van der Waals surface area contributed by atoms with Gasteiger partial charge < -0.3 is 5.32 Å². The molecule has 1 fully saturated rings. The molecule has 1 aromatic carbocycles. The molecular formula is C11H12N2O2S. The van der Waals surface area contributed by atoms with Crippen LogP contribution >= 0.6 is 11.8 Å². The van der Waals surface area contributed by atoms with E-state index in [4.69, 9.17) is 0 Å². The quantitative estimate of drug-likeness (QED) is 0.872. The lowest BCUT2D eigenvalue weighted by atomic mass is 10.2. The van der Waals surface area contributed by atoms with E-state index in [9.17, 15) is 9.59 Å². The largest absolute Gasteiger partial charge is 0.367 e. The molecule has 1 heterocycles. The summed E-state index contributed by atoms with van der Waals surface area (Å²) in [5.41, 5.74) is 2.04. The molecule has 1 N–H and O–H groups in total. The van der Waals surface area contributed by atoms with E-state index in [1.165, 1.54) is 4.90 Å². The van der Waals surface area contributed by atoms with Crippen LogP contribution in [0.1, 0.15) is 5.56 Å². The zero-order valence-corrected chi connectivity index (χ0v) is 9.71. The summed E-state index contributed by atoms with van der Waals surface area (Å²) in [5.74, 6) is 0.130. The van der Waals surface area contributed by atoms with Gasteiger partial charge >= 0.3 is 0 Å². The van der Waals surface area contributed by atoms with Crippen molar-refractivity contribution in [3.63, 3.8) is 0 Å². The molecule has 0 saturated carbocycles. The fourth-order valence-corrected chi connectivity index (χ4v) is 2.19. The Hall–Kier alpha value is -1.49. The first-order chi connectivity index (χ1) is 7.68. The van der Waals surface area contributed by atoms with Crippen LogP contribution in [0.2, 0.25) is 0 Å². The molecule has 1 aliphatic heterocycles. The summed E-state index contributed by atoms with van der Waals surface area (Å²) in [6.45, 7) is 2.22. The topological polar surface area (TPSA) is 49.4 Å². The maximum Gasteiger partial charge on any atom is 0.290 e. The van der Waals surface area contributed by atoms with Crippen molar-refractivity contribution in [3.8, 4) is 0 Å². The van der Waals surface area contributed by atoms with E-state index in [0.29, 0.717) is 0 Å². The SMILES string of the molecule is Cc1ccccc1NCN1C(=O)CSC1=O. The molecule has 4 nitrogen and oxygen atoms in total. The predicted molar refractivity (Wildman–Crippen MR) is 64.4 cm³/mol. The maximum atomic E-state index is 11.3. The Kier molecular flexibility index (Phi) is 3.14. The average Bonchev–Trinajstić information content (AvgIpc) is 2.58. The molecule has 0 radical (unpaired) electrons. The zero-order valence-electron chi connectivity index (χ0n) is 8.90. The fraction of sp³-hybridized carbons (Fsp3) is 0.273. The number of aryl methyl sites for hydroxylation is 1. The first-order valence-corrected chi connectivity index (χ1v) is 5.93. The van der Waals surface area contributed by atoms with Gasteiger partial charge in [-0.25, -0.2) is 0 Å². The number of nitrogens with zero attached hydrogens (tertiary/aromatic N) is 1. The van der Waals surface area contributed by atoms with E-state index in [1.807, 2.05) is 31.2 Å². The average molecular weight is 236 g/mol. The molecule has 5 heteroatoms. The summed E-state index contributed by atoms with van der Waals surface area (Å²) in [7, 11) is 0. The summed E-state index contributed by atoms with van der Waals surface area (Å²) >= 11 is 1.05. The summed E-state index contributed by atoms with van der Waals surface area (Å²) in [6.07, 6.45) is 0. The van der Waals surface area contributed by atoms with Gasteiger partial charge in [-0.15, -0.1) is 0 Å². The van der Waals surface area contributed by atoms with E-state index >= 15 is 0 Å². The van der Waals surface area contributed by atoms with E-state index in [-0.39, 0.29) is 23.6 Å². The number of nitrogens with one attached hydrogen (secondary N) is 1. The number of carbonyl (C=O) groups excluding carboxylic acids is 2. The predicted octanol–water partition coefficient (Wildman–Crippen LogP) is 2.06. The van der Waals surface area contributed by atoms with Crippen molar-refractivity contribution in [1.29, 1.82) is 0 Å². The Bertz CT molecular complexity index is 418. The normalized spacial score (nSPS) is 15.7. The van der Waals surface area contributed by atoms with Gasteiger partial charge in [0.05, 0.1) is 12.4 Å². The van der Waals surface area contributed by atoms with Crippen molar-refractivity contribution in [2.45, 2.75) is 6.92 Å². The summed E-state index contributed by atoms with van der Waals surface area (Å²) in [6, 6.07) is 7.76. The molecular weight excluding hydrogens is 224 g/mol. The van der Waals surface area contributed by atoms with E-state index in [1.54, 1.807) is 0 Å². The Balaban J connectivity index is 2.00. The van der Waals surface area contributed by atoms with E-state index in [2.05, 4.69) is 5.32 Å². The van der Waals surface area contributed by atoms with Gasteiger partial charge in [0, 0.05) is 5.69 Å². The highest BCUT2D eigenvalue weighted by molar-refractivity contribution is 8.14. The standard InChI is InChI=1S/C11H12N2O2S/c1-8-4-2-3-5-9(8)12-7-13-10(14)6-16-11(13)15/h2-5,12H,6-7H2,1H3. The zero-order chi connectivity index (χ0) is 11.5. The summed E-state index contributed by atoms with van der Waals surface area (Å²) in [5, 5.41) is 2.91. The number of amides is 2. The third-order valence-electron chi connectivity index (χ3n) is 2.41. The number of hydrogen-bond donors (Lipinski definition) is 1. The smallest absolute Gasteiger partial charge is 0.290 e. The molecule has 0 bridgehead atoms. The van der Waals surface area contributed by atoms with Crippen molar-refractivity contribution in [1.82, 2.24) is 4.90 Å². The second-order valence-electron chi connectivity index (χ2n) is 3.53. The lowest BCUT2D eigenvalue weighted by Gasteiger charge is -2.15. The van der Waals surface area contributed by atoms with Crippen molar-refractivity contribution in [2.24, 2.45) is 0 Å². The molecule has 0 spiro atoms. The highest BCUT2D eigenvalue weighted by atomic mass is 32.2. The molecule has 2 rings (SSSR count). The Labute approximate surface area is 98.0 Å². The second-order valence-corrected chi connectivity index (χ2v) is 4.45. The number of benzene rings is 1. The molecule has 0 unspecified atom stereocenters. The third-order valence-corrected chi connectivity index (χ3v) is 3.27. The van der Waals surface area contributed by atoms with Crippen molar-refractivity contribution < 1.29 is 9.59 Å². The number of rotatable bonds is 3. The first-order valence-electron chi connectivity index (χ1n) is 4.95. The van der Waals surface area contributed by atoms with Gasteiger partial charge in [0.1, 0.15) is 0 Å². The van der Waals surface area contributed by atoms with Crippen LogP contribution in [0.3, 0.4) is 0 Å². The van der Waals surface area contributed by atoms with Crippen LogP contribution in [0.5, 0.6) is 0 Å². The molecule has 0 aliphatic carbocycles. The molecule has 84 valence electrons. The minimum atomic E-state index is -0.175. The number of anilines is 1. The van der Waals surface area contributed by atoms with Gasteiger partial charge in [-0.1, -0.05) is 30.0 Å². The molecule has 16 heavy (non-hydrogen) atoms. The van der Waals surface area contributed by atoms with Crippen LogP contribution < -0.4 is 5.32 Å². The lowest BCUT2D eigenvalue weighted by molar-refractivity contribution is -0.124. The van der Waals surface area contributed by atoms with Crippen molar-refractivity contribution in [2.75, 3.05) is 17.7 Å². The van der Waals surface area contributed by atoms with Gasteiger partial charge in [-0.2, -0.15) is 0 Å². The van der Waals surface area contributed by atoms with Crippen LogP contribution in [0, 0.1) is 6.92 Å². The van der Waals surface area contributed by atoms with Gasteiger partial charge in [0.2, 0.25) is 5.91 Å². The highest BCUT2D eigenvalue weighted by Crippen LogP contribution is 2.19. The molecule has 1 aliphatic rings. The molecule has 0 atom stereocenters. The Morgan fingerprint density at radius 2 is 2.12 bits per heavy atom. The van der Waals surface area contributed by atoms with Crippen molar-refractivity contribution in [3.05, 3.63) is 29.8 Å². The minimum Gasteiger partial charge on any atom is -0.367 e. The summed E-state index contributed by atoms with van der Waals surface area (Å²) in [4.78, 5) is 23.9. The van der Waals surface area contributed by atoms with Crippen LogP contribution in [0.4, 0.5) is 10.5 Å². The second kappa shape index (κ2) is 4.57. The Morgan fingerprint density at radius 3 is 2.75 bits per heavy atom. The van der Waals surface area contributed by atoms with Gasteiger partial charge in [0.25, 0.3) is 5.24 Å². The van der Waals surface area contributed by atoms with Crippen molar-refractivity contribution >= 4 is 28.6 Å². The third kappa shape index (κ3) is 2.19. The highest BCUT2D eigenvalue weighted by Gasteiger charge is 2.29. The maximum absolute atomic E-state index is 11.3. The number of hydrogen-bond acceptors (Lipinski definition) is 4. The van der Waals surface area contributed by atoms with E-state index < -0.39 is 0 Å². The van der Waals surface area contributed by atoms with Crippen LogP contribution in [-0.2, 0) is 4.79 Å². The fourth-order valence-electron chi connectivity index (χ4n) is 1.47. The molecule has 0 aromatic heterocycles. The van der Waals surface area contributed by atoms with Gasteiger partial charge in [-0.3, -0.25) is 14.5 Å². The van der Waals surface area contributed by atoms with E-state index in [0.717, 1.165) is 23.0 Å².